The summed E-state index contributed by atoms with van der Waals surface area (Å²) >= 11 is 2.54. The largest absolute Gasteiger partial charge is 0.369 e. The van der Waals surface area contributed by atoms with Gasteiger partial charge in [0.05, 0.1) is 12.2 Å². The van der Waals surface area contributed by atoms with Crippen LogP contribution in [0.1, 0.15) is 44.3 Å². The molecule has 2 heteroatoms. The number of benzene rings is 1. The summed E-state index contributed by atoms with van der Waals surface area (Å²) in [4.78, 5) is 0. The molecule has 88 valence electrons. The molecule has 0 spiro atoms. The molecule has 2 rings (SSSR count). The van der Waals surface area contributed by atoms with E-state index in [2.05, 4.69) is 59.8 Å². The lowest BCUT2D eigenvalue weighted by atomic mass is 10.1. The Balaban J connectivity index is 2.00. The SMILES string of the molecule is CCC(OC1CCCC1I)c1ccccc1. The van der Waals surface area contributed by atoms with E-state index in [1.54, 1.807) is 0 Å². The highest BCUT2D eigenvalue weighted by Crippen LogP contribution is 2.33. The third kappa shape index (κ3) is 2.98. The molecule has 1 aromatic rings. The van der Waals surface area contributed by atoms with Gasteiger partial charge in [-0.1, -0.05) is 59.8 Å². The van der Waals surface area contributed by atoms with Crippen molar-refractivity contribution in [2.24, 2.45) is 0 Å². The Morgan fingerprint density at radius 1 is 1.31 bits per heavy atom. The van der Waals surface area contributed by atoms with Gasteiger partial charge in [0.25, 0.3) is 0 Å². The summed E-state index contributed by atoms with van der Waals surface area (Å²) in [5.74, 6) is 0. The summed E-state index contributed by atoms with van der Waals surface area (Å²) in [7, 11) is 0. The van der Waals surface area contributed by atoms with E-state index in [0.29, 0.717) is 10.0 Å². The van der Waals surface area contributed by atoms with Gasteiger partial charge in [-0.2, -0.15) is 0 Å². The predicted molar refractivity (Wildman–Crippen MR) is 76.0 cm³/mol. The zero-order valence-electron chi connectivity index (χ0n) is 9.73. The van der Waals surface area contributed by atoms with Crippen LogP contribution in [0.15, 0.2) is 30.3 Å². The topological polar surface area (TPSA) is 9.23 Å². The maximum Gasteiger partial charge on any atom is 0.0826 e. The maximum atomic E-state index is 6.25. The lowest BCUT2D eigenvalue weighted by Gasteiger charge is -2.23. The molecular weight excluding hydrogens is 311 g/mol. The van der Waals surface area contributed by atoms with Crippen molar-refractivity contribution in [2.75, 3.05) is 0 Å². The monoisotopic (exact) mass is 330 g/mol. The third-order valence-electron chi connectivity index (χ3n) is 3.25. The fraction of sp³-hybridized carbons (Fsp3) is 0.571. The molecule has 3 unspecified atom stereocenters. The van der Waals surface area contributed by atoms with Gasteiger partial charge in [0.2, 0.25) is 0 Å². The van der Waals surface area contributed by atoms with E-state index in [4.69, 9.17) is 4.74 Å². The molecule has 0 radical (unpaired) electrons. The van der Waals surface area contributed by atoms with Crippen molar-refractivity contribution >= 4 is 22.6 Å². The number of hydrogen-bond acceptors (Lipinski definition) is 1. The van der Waals surface area contributed by atoms with Crippen molar-refractivity contribution in [2.45, 2.75) is 48.7 Å². The van der Waals surface area contributed by atoms with E-state index in [1.165, 1.54) is 24.8 Å². The molecule has 1 fully saturated rings. The second kappa shape index (κ2) is 6.01. The van der Waals surface area contributed by atoms with E-state index in [-0.39, 0.29) is 6.10 Å². The van der Waals surface area contributed by atoms with Crippen LogP contribution in [0.5, 0.6) is 0 Å². The highest BCUT2D eigenvalue weighted by atomic mass is 127. The van der Waals surface area contributed by atoms with Gasteiger partial charge in [-0.15, -0.1) is 0 Å². The molecule has 0 heterocycles. The Bertz CT molecular complexity index is 312. The number of hydrogen-bond donors (Lipinski definition) is 0. The molecule has 0 saturated heterocycles. The minimum absolute atomic E-state index is 0.279. The fourth-order valence-corrected chi connectivity index (χ4v) is 3.29. The van der Waals surface area contributed by atoms with Gasteiger partial charge in [-0.3, -0.25) is 0 Å². The fourth-order valence-electron chi connectivity index (χ4n) is 2.32. The van der Waals surface area contributed by atoms with E-state index in [1.807, 2.05) is 0 Å². The normalized spacial score (nSPS) is 26.9. The second-order valence-electron chi connectivity index (χ2n) is 4.43. The Morgan fingerprint density at radius 3 is 2.62 bits per heavy atom. The molecule has 3 atom stereocenters. The number of ether oxygens (including phenoxy) is 1. The molecule has 1 saturated carbocycles. The Kier molecular flexibility index (Phi) is 4.65. The van der Waals surface area contributed by atoms with Crippen LogP contribution < -0.4 is 0 Å². The molecule has 1 nitrogen and oxygen atoms in total. The lowest BCUT2D eigenvalue weighted by molar-refractivity contribution is -0.00674. The van der Waals surface area contributed by atoms with Gasteiger partial charge < -0.3 is 4.74 Å². The minimum Gasteiger partial charge on any atom is -0.369 e. The van der Waals surface area contributed by atoms with Crippen molar-refractivity contribution in [1.29, 1.82) is 0 Å². The van der Waals surface area contributed by atoms with Gasteiger partial charge in [-0.25, -0.2) is 0 Å². The lowest BCUT2D eigenvalue weighted by Crippen LogP contribution is -2.20. The Hall–Kier alpha value is -0.0900. The summed E-state index contributed by atoms with van der Waals surface area (Å²) in [6.45, 7) is 2.20. The first-order valence-electron chi connectivity index (χ1n) is 6.15. The number of alkyl halides is 1. The van der Waals surface area contributed by atoms with E-state index in [9.17, 15) is 0 Å². The molecular formula is C14H19IO. The Morgan fingerprint density at radius 2 is 2.06 bits per heavy atom. The van der Waals surface area contributed by atoms with Gasteiger partial charge in [0, 0.05) is 3.92 Å². The average molecular weight is 330 g/mol. The van der Waals surface area contributed by atoms with Gasteiger partial charge in [-0.05, 0) is 31.2 Å². The van der Waals surface area contributed by atoms with Crippen LogP contribution in [-0.2, 0) is 4.74 Å². The zero-order chi connectivity index (χ0) is 11.4. The summed E-state index contributed by atoms with van der Waals surface area (Å²) in [5.41, 5.74) is 1.32. The highest BCUT2D eigenvalue weighted by Gasteiger charge is 2.28. The van der Waals surface area contributed by atoms with Crippen molar-refractivity contribution in [3.05, 3.63) is 35.9 Å². The second-order valence-corrected chi connectivity index (χ2v) is 6.03. The number of rotatable bonds is 4. The average Bonchev–Trinajstić information content (AvgIpc) is 2.73. The molecule has 0 N–H and O–H groups in total. The smallest absolute Gasteiger partial charge is 0.0826 e. The van der Waals surface area contributed by atoms with Gasteiger partial charge in [0.1, 0.15) is 0 Å². The molecule has 1 aliphatic rings. The van der Waals surface area contributed by atoms with Crippen LogP contribution in [0.3, 0.4) is 0 Å². The number of halogens is 1. The van der Waals surface area contributed by atoms with Crippen LogP contribution in [0.25, 0.3) is 0 Å². The van der Waals surface area contributed by atoms with Crippen LogP contribution in [-0.4, -0.2) is 10.0 Å². The van der Waals surface area contributed by atoms with E-state index < -0.39 is 0 Å². The van der Waals surface area contributed by atoms with Crippen LogP contribution in [0, 0.1) is 0 Å². The standard InChI is InChI=1S/C14H19IO/c1-2-13(11-7-4-3-5-8-11)16-14-10-6-9-12(14)15/h3-5,7-8,12-14H,2,6,9-10H2,1H3. The maximum absolute atomic E-state index is 6.25. The molecule has 16 heavy (non-hydrogen) atoms. The first-order chi connectivity index (χ1) is 7.81. The van der Waals surface area contributed by atoms with Gasteiger partial charge >= 0.3 is 0 Å². The molecule has 0 aliphatic heterocycles. The first-order valence-corrected chi connectivity index (χ1v) is 7.40. The summed E-state index contributed by atoms with van der Waals surface area (Å²) < 4.78 is 6.96. The van der Waals surface area contributed by atoms with Gasteiger partial charge in [0.15, 0.2) is 0 Å². The first kappa shape index (κ1) is 12.4. The van der Waals surface area contributed by atoms with Crippen molar-refractivity contribution in [3.8, 4) is 0 Å². The van der Waals surface area contributed by atoms with Crippen molar-refractivity contribution in [3.63, 3.8) is 0 Å². The molecule has 0 amide bonds. The molecule has 0 bridgehead atoms. The van der Waals surface area contributed by atoms with Crippen LogP contribution in [0.4, 0.5) is 0 Å². The van der Waals surface area contributed by atoms with Crippen molar-refractivity contribution in [1.82, 2.24) is 0 Å². The van der Waals surface area contributed by atoms with Crippen LogP contribution in [0.2, 0.25) is 0 Å². The summed E-state index contributed by atoms with van der Waals surface area (Å²) in [6.07, 6.45) is 5.67. The molecule has 1 aliphatic carbocycles. The summed E-state index contributed by atoms with van der Waals surface area (Å²) in [6, 6.07) is 10.6. The Labute approximate surface area is 112 Å². The van der Waals surface area contributed by atoms with Crippen molar-refractivity contribution < 1.29 is 4.74 Å². The third-order valence-corrected chi connectivity index (χ3v) is 4.68. The summed E-state index contributed by atoms with van der Waals surface area (Å²) in [5, 5.41) is 0. The minimum atomic E-state index is 0.279. The van der Waals surface area contributed by atoms with Crippen LogP contribution >= 0.6 is 22.6 Å². The van der Waals surface area contributed by atoms with E-state index >= 15 is 0 Å². The quantitative estimate of drug-likeness (QED) is 0.583. The highest BCUT2D eigenvalue weighted by molar-refractivity contribution is 14.1. The van der Waals surface area contributed by atoms with E-state index in [0.717, 1.165) is 6.42 Å². The zero-order valence-corrected chi connectivity index (χ0v) is 11.9. The molecule has 0 aromatic heterocycles. The predicted octanol–water partition coefficient (Wildman–Crippen LogP) is 4.51. The molecule has 1 aromatic carbocycles.